The van der Waals surface area contributed by atoms with Crippen LogP contribution in [0.2, 0.25) is 0 Å². The molecule has 0 fully saturated rings. The van der Waals surface area contributed by atoms with E-state index in [9.17, 15) is 4.39 Å². The minimum Gasteiger partial charge on any atom is -0.311 e. The molecule has 0 heterocycles. The Morgan fingerprint density at radius 3 is 2.41 bits per heavy atom. The van der Waals surface area contributed by atoms with E-state index in [1.54, 1.807) is 0 Å². The zero-order valence-corrected chi connectivity index (χ0v) is 11.7. The Balaban J connectivity index is 2.33. The lowest BCUT2D eigenvalue weighted by Gasteiger charge is -2.19. The zero-order chi connectivity index (χ0) is 12.7. The van der Waals surface area contributed by atoms with Gasteiger partial charge in [0, 0.05) is 12.1 Å². The topological polar surface area (TPSA) is 12.0 Å². The summed E-state index contributed by atoms with van der Waals surface area (Å²) in [4.78, 5) is 0. The maximum atomic E-state index is 12.8. The van der Waals surface area contributed by atoms with Crippen LogP contribution in [0.25, 0.3) is 0 Å². The van der Waals surface area contributed by atoms with Crippen LogP contribution in [0.1, 0.15) is 25.8 Å². The first-order chi connectivity index (χ1) is 8.11. The number of halogens is 1. The Hall–Kier alpha value is -0.540. The van der Waals surface area contributed by atoms with Crippen molar-refractivity contribution in [3.05, 3.63) is 35.6 Å². The van der Waals surface area contributed by atoms with E-state index in [1.807, 2.05) is 23.9 Å². The van der Waals surface area contributed by atoms with Crippen molar-refractivity contribution >= 4 is 11.8 Å². The van der Waals surface area contributed by atoms with Crippen LogP contribution in [0.15, 0.2) is 24.3 Å². The second-order valence-electron chi connectivity index (χ2n) is 4.58. The first kappa shape index (κ1) is 14.5. The maximum absolute atomic E-state index is 12.8. The van der Waals surface area contributed by atoms with Gasteiger partial charge in [0.1, 0.15) is 5.82 Å². The molecule has 2 unspecified atom stereocenters. The minimum atomic E-state index is -0.164. The van der Waals surface area contributed by atoms with E-state index in [2.05, 4.69) is 25.4 Å². The molecular weight excluding hydrogens is 233 g/mol. The third-order valence-corrected chi connectivity index (χ3v) is 3.42. The monoisotopic (exact) mass is 255 g/mol. The summed E-state index contributed by atoms with van der Waals surface area (Å²) in [6.45, 7) is 4.40. The Morgan fingerprint density at radius 1 is 1.18 bits per heavy atom. The molecule has 1 aromatic rings. The van der Waals surface area contributed by atoms with Crippen molar-refractivity contribution in [2.24, 2.45) is 0 Å². The van der Waals surface area contributed by atoms with E-state index in [4.69, 9.17) is 0 Å². The molecule has 2 atom stereocenters. The number of thioether (sulfide) groups is 1. The summed E-state index contributed by atoms with van der Waals surface area (Å²) in [5, 5.41) is 3.57. The lowest BCUT2D eigenvalue weighted by Crippen LogP contribution is -2.36. The van der Waals surface area contributed by atoms with Crippen LogP contribution in [0, 0.1) is 5.82 Å². The average Bonchev–Trinajstić information content (AvgIpc) is 2.29. The molecule has 1 N–H and O–H groups in total. The lowest BCUT2D eigenvalue weighted by molar-refractivity contribution is 0.457. The zero-order valence-electron chi connectivity index (χ0n) is 10.9. The molecule has 0 bridgehead atoms. The molecule has 0 radical (unpaired) electrons. The number of nitrogens with one attached hydrogen (secondary N) is 1. The molecule has 1 aromatic carbocycles. The Bertz CT molecular complexity index is 313. The molecule has 0 aliphatic carbocycles. The summed E-state index contributed by atoms with van der Waals surface area (Å²) in [6.07, 6.45) is 4.27. The SMILES string of the molecule is CSCCC(C)NC(C)Cc1ccc(F)cc1. The third kappa shape index (κ3) is 6.08. The van der Waals surface area contributed by atoms with Gasteiger partial charge in [-0.1, -0.05) is 12.1 Å². The fraction of sp³-hybridized carbons (Fsp3) is 0.571. The number of rotatable bonds is 7. The highest BCUT2D eigenvalue weighted by molar-refractivity contribution is 7.98. The van der Waals surface area contributed by atoms with E-state index in [0.717, 1.165) is 6.42 Å². The smallest absolute Gasteiger partial charge is 0.123 e. The molecule has 1 nitrogen and oxygen atoms in total. The quantitative estimate of drug-likeness (QED) is 0.800. The number of hydrogen-bond donors (Lipinski definition) is 1. The molecule has 3 heteroatoms. The summed E-state index contributed by atoms with van der Waals surface area (Å²) in [7, 11) is 0. The summed E-state index contributed by atoms with van der Waals surface area (Å²) < 4.78 is 12.8. The lowest BCUT2D eigenvalue weighted by atomic mass is 10.1. The highest BCUT2D eigenvalue weighted by atomic mass is 32.2. The molecule has 17 heavy (non-hydrogen) atoms. The molecule has 0 spiro atoms. The summed E-state index contributed by atoms with van der Waals surface area (Å²) in [6, 6.07) is 7.74. The van der Waals surface area contributed by atoms with Crippen LogP contribution in [0.4, 0.5) is 4.39 Å². The van der Waals surface area contributed by atoms with Crippen LogP contribution < -0.4 is 5.32 Å². The summed E-state index contributed by atoms with van der Waals surface area (Å²) in [5.41, 5.74) is 1.18. The van der Waals surface area contributed by atoms with E-state index in [0.29, 0.717) is 12.1 Å². The number of hydrogen-bond acceptors (Lipinski definition) is 2. The summed E-state index contributed by atoms with van der Waals surface area (Å²) >= 11 is 1.88. The largest absolute Gasteiger partial charge is 0.311 e. The van der Waals surface area contributed by atoms with Crippen molar-refractivity contribution in [1.82, 2.24) is 5.32 Å². The first-order valence-electron chi connectivity index (χ1n) is 6.11. The van der Waals surface area contributed by atoms with Gasteiger partial charge < -0.3 is 5.32 Å². The van der Waals surface area contributed by atoms with Gasteiger partial charge in [0.15, 0.2) is 0 Å². The van der Waals surface area contributed by atoms with Gasteiger partial charge in [0.05, 0.1) is 0 Å². The molecular formula is C14H22FNS. The van der Waals surface area contributed by atoms with Gasteiger partial charge in [-0.25, -0.2) is 4.39 Å². The molecule has 0 amide bonds. The Morgan fingerprint density at radius 2 is 1.82 bits per heavy atom. The van der Waals surface area contributed by atoms with Gasteiger partial charge in [0.25, 0.3) is 0 Å². The fourth-order valence-electron chi connectivity index (χ4n) is 1.90. The van der Waals surface area contributed by atoms with Gasteiger partial charge in [-0.3, -0.25) is 0 Å². The van der Waals surface area contributed by atoms with E-state index in [-0.39, 0.29) is 5.82 Å². The maximum Gasteiger partial charge on any atom is 0.123 e. The first-order valence-corrected chi connectivity index (χ1v) is 7.50. The highest BCUT2D eigenvalue weighted by Gasteiger charge is 2.07. The van der Waals surface area contributed by atoms with Crippen LogP contribution >= 0.6 is 11.8 Å². The molecule has 0 aliphatic heterocycles. The van der Waals surface area contributed by atoms with Gasteiger partial charge >= 0.3 is 0 Å². The molecule has 0 aliphatic rings. The third-order valence-electron chi connectivity index (χ3n) is 2.78. The van der Waals surface area contributed by atoms with Crippen LogP contribution in [-0.2, 0) is 6.42 Å². The van der Waals surface area contributed by atoms with Crippen molar-refractivity contribution in [3.8, 4) is 0 Å². The van der Waals surface area contributed by atoms with Gasteiger partial charge in [-0.15, -0.1) is 0 Å². The van der Waals surface area contributed by atoms with Crippen LogP contribution in [-0.4, -0.2) is 24.1 Å². The predicted molar refractivity (Wildman–Crippen MR) is 75.2 cm³/mol. The van der Waals surface area contributed by atoms with E-state index >= 15 is 0 Å². The van der Waals surface area contributed by atoms with Crippen LogP contribution in [0.5, 0.6) is 0 Å². The van der Waals surface area contributed by atoms with Crippen molar-refractivity contribution in [2.45, 2.75) is 38.8 Å². The number of benzene rings is 1. The normalized spacial score (nSPS) is 14.6. The van der Waals surface area contributed by atoms with Crippen LogP contribution in [0.3, 0.4) is 0 Å². The standard InChI is InChI=1S/C14H22FNS/c1-11(8-9-17-3)16-12(2)10-13-4-6-14(15)7-5-13/h4-7,11-12,16H,8-10H2,1-3H3. The van der Waals surface area contributed by atoms with E-state index < -0.39 is 0 Å². The van der Waals surface area contributed by atoms with Crippen molar-refractivity contribution in [2.75, 3.05) is 12.0 Å². The molecule has 0 aromatic heterocycles. The van der Waals surface area contributed by atoms with Gasteiger partial charge in [-0.2, -0.15) is 11.8 Å². The van der Waals surface area contributed by atoms with Crippen molar-refractivity contribution in [1.29, 1.82) is 0 Å². The van der Waals surface area contributed by atoms with Crippen molar-refractivity contribution < 1.29 is 4.39 Å². The molecule has 0 saturated carbocycles. The molecule has 0 saturated heterocycles. The second-order valence-corrected chi connectivity index (χ2v) is 5.57. The predicted octanol–water partition coefficient (Wildman–Crippen LogP) is 3.49. The van der Waals surface area contributed by atoms with Gasteiger partial charge in [0.2, 0.25) is 0 Å². The molecule has 1 rings (SSSR count). The average molecular weight is 255 g/mol. The second kappa shape index (κ2) is 7.72. The van der Waals surface area contributed by atoms with Crippen molar-refractivity contribution in [3.63, 3.8) is 0 Å². The fourth-order valence-corrected chi connectivity index (χ4v) is 2.49. The van der Waals surface area contributed by atoms with E-state index in [1.165, 1.54) is 29.9 Å². The Kier molecular flexibility index (Phi) is 6.60. The Labute approximate surface area is 108 Å². The summed E-state index contributed by atoms with van der Waals surface area (Å²) in [5.74, 6) is 1.03. The highest BCUT2D eigenvalue weighted by Crippen LogP contribution is 2.07. The van der Waals surface area contributed by atoms with Gasteiger partial charge in [-0.05, 0) is 56.4 Å². The minimum absolute atomic E-state index is 0.164. The molecule has 96 valence electrons.